The molecule has 0 radical (unpaired) electrons. The van der Waals surface area contributed by atoms with Crippen LogP contribution in [0.4, 0.5) is 0 Å². The van der Waals surface area contributed by atoms with Crippen LogP contribution in [-0.2, 0) is 6.54 Å². The summed E-state index contributed by atoms with van der Waals surface area (Å²) in [5, 5.41) is 8.54. The van der Waals surface area contributed by atoms with E-state index >= 15 is 0 Å². The molecule has 2 aliphatic heterocycles. The molecule has 3 aromatic rings. The van der Waals surface area contributed by atoms with Crippen molar-refractivity contribution in [1.29, 1.82) is 0 Å². The zero-order valence-corrected chi connectivity index (χ0v) is 20.3. The SMILES string of the molecule is S=C(NCc1ccc2c(c1)OCO2)N1CCC(c2nc(-c3ccc(Cl)c(Cl)c3)cs2)CC1. The number of thiocarbonyl (C=S) groups is 1. The molecule has 32 heavy (non-hydrogen) atoms. The third-order valence-electron chi connectivity index (χ3n) is 5.75. The average Bonchev–Trinajstić information content (AvgIpc) is 3.49. The van der Waals surface area contributed by atoms with Crippen molar-refractivity contribution < 1.29 is 9.47 Å². The Morgan fingerprint density at radius 2 is 1.91 bits per heavy atom. The molecule has 0 aliphatic carbocycles. The Labute approximate surface area is 206 Å². The van der Waals surface area contributed by atoms with E-state index in [0.29, 0.717) is 22.5 Å². The number of likely N-dealkylation sites (tertiary alicyclic amines) is 1. The van der Waals surface area contributed by atoms with E-state index in [0.717, 1.165) is 59.4 Å². The highest BCUT2D eigenvalue weighted by Crippen LogP contribution is 2.35. The maximum absolute atomic E-state index is 6.16. The predicted octanol–water partition coefficient (Wildman–Crippen LogP) is 6.10. The highest BCUT2D eigenvalue weighted by molar-refractivity contribution is 7.80. The molecule has 2 aromatic carbocycles. The summed E-state index contributed by atoms with van der Waals surface area (Å²) in [5.74, 6) is 2.03. The zero-order chi connectivity index (χ0) is 22.1. The number of fused-ring (bicyclic) bond motifs is 1. The first kappa shape index (κ1) is 21.8. The number of thiazole rings is 1. The highest BCUT2D eigenvalue weighted by atomic mass is 35.5. The van der Waals surface area contributed by atoms with E-state index in [1.807, 2.05) is 36.4 Å². The van der Waals surface area contributed by atoms with Crippen LogP contribution in [0.3, 0.4) is 0 Å². The average molecular weight is 506 g/mol. The standard InChI is InChI=1S/C23H21Cl2N3O2S2/c24-17-3-2-16(10-18(17)25)19-12-32-22(27-19)15-5-7-28(8-6-15)23(31)26-11-14-1-4-20-21(9-14)30-13-29-20/h1-4,9-10,12,15H,5-8,11,13H2,(H,26,31). The van der Waals surface area contributed by atoms with Gasteiger partial charge < -0.3 is 19.7 Å². The number of benzene rings is 2. The molecule has 3 heterocycles. The lowest BCUT2D eigenvalue weighted by atomic mass is 9.98. The van der Waals surface area contributed by atoms with Gasteiger partial charge in [0.15, 0.2) is 16.6 Å². The molecular formula is C23H21Cl2N3O2S2. The first-order chi connectivity index (χ1) is 15.6. The summed E-state index contributed by atoms with van der Waals surface area (Å²) in [6, 6.07) is 11.6. The van der Waals surface area contributed by atoms with E-state index in [9.17, 15) is 0 Å². The van der Waals surface area contributed by atoms with Crippen molar-refractivity contribution in [2.75, 3.05) is 19.9 Å². The highest BCUT2D eigenvalue weighted by Gasteiger charge is 2.24. The Hall–Kier alpha value is -2.06. The van der Waals surface area contributed by atoms with E-state index in [2.05, 4.69) is 15.6 Å². The van der Waals surface area contributed by atoms with Gasteiger partial charge in [-0.1, -0.05) is 35.3 Å². The molecule has 1 aromatic heterocycles. The summed E-state index contributed by atoms with van der Waals surface area (Å²) in [6.07, 6.45) is 2.06. The van der Waals surface area contributed by atoms with Crippen molar-refractivity contribution in [3.63, 3.8) is 0 Å². The van der Waals surface area contributed by atoms with Crippen molar-refractivity contribution in [1.82, 2.24) is 15.2 Å². The molecule has 5 nitrogen and oxygen atoms in total. The molecule has 2 aliphatic rings. The molecule has 0 amide bonds. The Morgan fingerprint density at radius 1 is 1.09 bits per heavy atom. The van der Waals surface area contributed by atoms with Gasteiger partial charge in [-0.25, -0.2) is 4.98 Å². The number of piperidine rings is 1. The van der Waals surface area contributed by atoms with Gasteiger partial charge in [0.2, 0.25) is 6.79 Å². The van der Waals surface area contributed by atoms with Crippen molar-refractivity contribution in [2.45, 2.75) is 25.3 Å². The summed E-state index contributed by atoms with van der Waals surface area (Å²) < 4.78 is 10.8. The molecule has 9 heteroatoms. The van der Waals surface area contributed by atoms with Crippen LogP contribution in [0.15, 0.2) is 41.8 Å². The minimum Gasteiger partial charge on any atom is -0.454 e. The van der Waals surface area contributed by atoms with E-state index < -0.39 is 0 Å². The quantitative estimate of drug-likeness (QED) is 0.432. The minimum absolute atomic E-state index is 0.285. The molecule has 166 valence electrons. The second kappa shape index (κ2) is 9.43. The van der Waals surface area contributed by atoms with Gasteiger partial charge in [-0.05, 0) is 54.9 Å². The lowest BCUT2D eigenvalue weighted by Crippen LogP contribution is -2.43. The van der Waals surface area contributed by atoms with Crippen LogP contribution in [0.2, 0.25) is 10.0 Å². The molecule has 0 bridgehead atoms. The monoisotopic (exact) mass is 505 g/mol. The van der Waals surface area contributed by atoms with Crippen LogP contribution in [0.25, 0.3) is 11.3 Å². The number of halogens is 2. The van der Waals surface area contributed by atoms with E-state index in [-0.39, 0.29) is 6.79 Å². The van der Waals surface area contributed by atoms with Gasteiger partial charge in [0.05, 0.1) is 20.7 Å². The topological polar surface area (TPSA) is 46.6 Å². The van der Waals surface area contributed by atoms with E-state index in [1.165, 1.54) is 5.01 Å². The van der Waals surface area contributed by atoms with Gasteiger partial charge >= 0.3 is 0 Å². The zero-order valence-electron chi connectivity index (χ0n) is 17.1. The number of ether oxygens (including phenoxy) is 2. The van der Waals surface area contributed by atoms with Crippen LogP contribution < -0.4 is 14.8 Å². The second-order valence-corrected chi connectivity index (χ2v) is 9.90. The second-order valence-electron chi connectivity index (χ2n) is 7.81. The summed E-state index contributed by atoms with van der Waals surface area (Å²) >= 11 is 19.5. The smallest absolute Gasteiger partial charge is 0.231 e. The molecule has 5 rings (SSSR count). The van der Waals surface area contributed by atoms with Crippen LogP contribution in [0.5, 0.6) is 11.5 Å². The maximum atomic E-state index is 6.16. The molecule has 0 saturated carbocycles. The Balaban J connectivity index is 1.14. The Morgan fingerprint density at radius 3 is 2.72 bits per heavy atom. The van der Waals surface area contributed by atoms with E-state index in [1.54, 1.807) is 11.3 Å². The van der Waals surface area contributed by atoms with Gasteiger partial charge in [0, 0.05) is 36.5 Å². The van der Waals surface area contributed by atoms with Crippen LogP contribution >= 0.6 is 46.8 Å². The Kier molecular flexibility index (Phi) is 6.42. The van der Waals surface area contributed by atoms with E-state index in [4.69, 9.17) is 49.9 Å². The largest absolute Gasteiger partial charge is 0.454 e. The molecule has 0 atom stereocenters. The fourth-order valence-corrected chi connectivity index (χ4v) is 5.49. The van der Waals surface area contributed by atoms with Crippen LogP contribution in [0, 0.1) is 0 Å². The van der Waals surface area contributed by atoms with Crippen molar-refractivity contribution >= 4 is 51.9 Å². The maximum Gasteiger partial charge on any atom is 0.231 e. The first-order valence-corrected chi connectivity index (χ1v) is 12.4. The molecule has 0 unspecified atom stereocenters. The summed E-state index contributed by atoms with van der Waals surface area (Å²) in [4.78, 5) is 7.12. The van der Waals surface area contributed by atoms with Crippen LogP contribution in [0.1, 0.15) is 29.3 Å². The number of hydrogen-bond donors (Lipinski definition) is 1. The molecule has 0 spiro atoms. The van der Waals surface area contributed by atoms with Gasteiger partial charge in [0.1, 0.15) is 0 Å². The fraction of sp³-hybridized carbons (Fsp3) is 0.304. The number of rotatable bonds is 4. The van der Waals surface area contributed by atoms with Crippen molar-refractivity contribution in [3.8, 4) is 22.8 Å². The number of nitrogens with zero attached hydrogens (tertiary/aromatic N) is 2. The van der Waals surface area contributed by atoms with Gasteiger partial charge in [-0.3, -0.25) is 0 Å². The molecule has 1 saturated heterocycles. The van der Waals surface area contributed by atoms with Gasteiger partial charge in [-0.15, -0.1) is 11.3 Å². The normalized spacial score (nSPS) is 15.8. The fourth-order valence-electron chi connectivity index (χ4n) is 3.93. The van der Waals surface area contributed by atoms with Gasteiger partial charge in [-0.2, -0.15) is 0 Å². The molecular weight excluding hydrogens is 485 g/mol. The van der Waals surface area contributed by atoms with Crippen molar-refractivity contribution in [2.24, 2.45) is 0 Å². The number of hydrogen-bond acceptors (Lipinski definition) is 5. The molecule has 1 N–H and O–H groups in total. The van der Waals surface area contributed by atoms with Crippen molar-refractivity contribution in [3.05, 3.63) is 62.4 Å². The first-order valence-electron chi connectivity index (χ1n) is 10.4. The lowest BCUT2D eigenvalue weighted by Gasteiger charge is -2.33. The Bertz CT molecular complexity index is 1150. The predicted molar refractivity (Wildman–Crippen MR) is 133 cm³/mol. The lowest BCUT2D eigenvalue weighted by molar-refractivity contribution is 0.174. The van der Waals surface area contributed by atoms with Gasteiger partial charge in [0.25, 0.3) is 0 Å². The minimum atomic E-state index is 0.285. The van der Waals surface area contributed by atoms with Crippen LogP contribution in [-0.4, -0.2) is 34.9 Å². The third-order valence-corrected chi connectivity index (χ3v) is 7.90. The third kappa shape index (κ3) is 4.66. The summed E-state index contributed by atoms with van der Waals surface area (Å²) in [6.45, 7) is 2.78. The summed E-state index contributed by atoms with van der Waals surface area (Å²) in [5.41, 5.74) is 3.06. The number of aromatic nitrogens is 1. The molecule has 1 fully saturated rings. The summed E-state index contributed by atoms with van der Waals surface area (Å²) in [7, 11) is 0. The number of nitrogens with one attached hydrogen (secondary N) is 1.